The maximum absolute atomic E-state index is 10.0. The molecule has 0 amide bonds. The highest BCUT2D eigenvalue weighted by atomic mass is 35.5. The Labute approximate surface area is 109 Å². The third-order valence-corrected chi connectivity index (χ3v) is 3.26. The van der Waals surface area contributed by atoms with Gasteiger partial charge < -0.3 is 10.4 Å². The van der Waals surface area contributed by atoms with Crippen LogP contribution >= 0.6 is 11.6 Å². The number of rotatable bonds is 7. The Kier molecular flexibility index (Phi) is 6.56. The largest absolute Gasteiger partial charge is 0.387 e. The number of hydrogen-bond acceptors (Lipinski definition) is 2. The Hall–Kier alpha value is -0.570. The Bertz CT molecular complexity index is 330. The van der Waals surface area contributed by atoms with E-state index in [9.17, 15) is 5.11 Å². The van der Waals surface area contributed by atoms with Crippen LogP contribution in [0, 0.1) is 0 Å². The standard InChI is InChI=1S/C14H22ClNO/c1-3-4-7-11(2)16-10-14(17)12-8-5-6-9-13(12)15/h5-6,8-9,11,14,16-17H,3-4,7,10H2,1-2H3. The van der Waals surface area contributed by atoms with E-state index in [1.165, 1.54) is 12.8 Å². The molecule has 1 rings (SSSR count). The van der Waals surface area contributed by atoms with E-state index in [4.69, 9.17) is 11.6 Å². The first kappa shape index (κ1) is 14.5. The highest BCUT2D eigenvalue weighted by Gasteiger charge is 2.11. The second-order valence-corrected chi connectivity index (χ2v) is 4.90. The topological polar surface area (TPSA) is 32.3 Å². The summed E-state index contributed by atoms with van der Waals surface area (Å²) in [5, 5.41) is 14.0. The number of benzene rings is 1. The van der Waals surface area contributed by atoms with Crippen LogP contribution in [0.3, 0.4) is 0 Å². The summed E-state index contributed by atoms with van der Waals surface area (Å²) < 4.78 is 0. The summed E-state index contributed by atoms with van der Waals surface area (Å²) in [6.45, 7) is 4.88. The average molecular weight is 256 g/mol. The average Bonchev–Trinajstić information content (AvgIpc) is 2.34. The molecule has 0 saturated carbocycles. The van der Waals surface area contributed by atoms with Gasteiger partial charge in [-0.3, -0.25) is 0 Å². The van der Waals surface area contributed by atoms with Crippen LogP contribution in [0.15, 0.2) is 24.3 Å². The molecule has 0 radical (unpaired) electrons. The van der Waals surface area contributed by atoms with E-state index < -0.39 is 6.10 Å². The van der Waals surface area contributed by atoms with E-state index >= 15 is 0 Å². The molecule has 0 aliphatic rings. The van der Waals surface area contributed by atoms with Gasteiger partial charge in [-0.2, -0.15) is 0 Å². The summed E-state index contributed by atoms with van der Waals surface area (Å²) in [6.07, 6.45) is 3.04. The van der Waals surface area contributed by atoms with Gasteiger partial charge in [0, 0.05) is 23.2 Å². The fourth-order valence-corrected chi connectivity index (χ4v) is 2.04. The van der Waals surface area contributed by atoms with Gasteiger partial charge >= 0.3 is 0 Å². The second kappa shape index (κ2) is 7.70. The van der Waals surface area contributed by atoms with Gasteiger partial charge in [-0.25, -0.2) is 0 Å². The highest BCUT2D eigenvalue weighted by Crippen LogP contribution is 2.21. The van der Waals surface area contributed by atoms with Crippen LogP contribution < -0.4 is 5.32 Å². The van der Waals surface area contributed by atoms with Crippen molar-refractivity contribution >= 4 is 11.6 Å². The van der Waals surface area contributed by atoms with Gasteiger partial charge in [-0.05, 0) is 19.4 Å². The molecule has 1 aromatic carbocycles. The maximum atomic E-state index is 10.0. The third kappa shape index (κ3) is 5.07. The van der Waals surface area contributed by atoms with Crippen molar-refractivity contribution in [3.63, 3.8) is 0 Å². The molecule has 0 saturated heterocycles. The smallest absolute Gasteiger partial charge is 0.0928 e. The molecule has 96 valence electrons. The van der Waals surface area contributed by atoms with Gasteiger partial charge in [0.05, 0.1) is 6.10 Å². The summed E-state index contributed by atoms with van der Waals surface area (Å²) in [4.78, 5) is 0. The third-order valence-electron chi connectivity index (χ3n) is 2.91. The van der Waals surface area contributed by atoms with Gasteiger partial charge in [0.15, 0.2) is 0 Å². The van der Waals surface area contributed by atoms with Crippen LogP contribution in [0.25, 0.3) is 0 Å². The zero-order valence-electron chi connectivity index (χ0n) is 10.6. The van der Waals surface area contributed by atoms with Gasteiger partial charge in [0.25, 0.3) is 0 Å². The molecule has 0 bridgehead atoms. The molecule has 17 heavy (non-hydrogen) atoms. The molecular weight excluding hydrogens is 234 g/mol. The molecular formula is C14H22ClNO. The minimum atomic E-state index is -0.534. The summed E-state index contributed by atoms with van der Waals surface area (Å²) in [5.41, 5.74) is 0.796. The minimum absolute atomic E-state index is 0.437. The Morgan fingerprint density at radius 1 is 1.35 bits per heavy atom. The predicted molar refractivity (Wildman–Crippen MR) is 73.4 cm³/mol. The Morgan fingerprint density at radius 2 is 2.06 bits per heavy atom. The van der Waals surface area contributed by atoms with Crippen molar-refractivity contribution in [3.8, 4) is 0 Å². The first-order chi connectivity index (χ1) is 8.15. The van der Waals surface area contributed by atoms with Crippen LogP contribution in [0.1, 0.15) is 44.8 Å². The molecule has 2 atom stereocenters. The summed E-state index contributed by atoms with van der Waals surface area (Å²) in [7, 11) is 0. The van der Waals surface area contributed by atoms with Gasteiger partial charge in [0.2, 0.25) is 0 Å². The second-order valence-electron chi connectivity index (χ2n) is 4.49. The van der Waals surface area contributed by atoms with E-state index in [0.29, 0.717) is 17.6 Å². The molecule has 0 aliphatic carbocycles. The minimum Gasteiger partial charge on any atom is -0.387 e. The summed E-state index contributed by atoms with van der Waals surface area (Å²) in [5.74, 6) is 0. The van der Waals surface area contributed by atoms with Crippen molar-refractivity contribution < 1.29 is 5.11 Å². The molecule has 0 aliphatic heterocycles. The lowest BCUT2D eigenvalue weighted by atomic mass is 10.1. The first-order valence-corrected chi connectivity index (χ1v) is 6.68. The van der Waals surface area contributed by atoms with Crippen LogP contribution in [0.2, 0.25) is 5.02 Å². The lowest BCUT2D eigenvalue weighted by Gasteiger charge is -2.17. The monoisotopic (exact) mass is 255 g/mol. The fraction of sp³-hybridized carbons (Fsp3) is 0.571. The SMILES string of the molecule is CCCCC(C)NCC(O)c1ccccc1Cl. The molecule has 1 aromatic rings. The van der Waals surface area contributed by atoms with Crippen molar-refractivity contribution in [3.05, 3.63) is 34.9 Å². The molecule has 0 aromatic heterocycles. The summed E-state index contributed by atoms with van der Waals surface area (Å²) >= 11 is 6.03. The Balaban J connectivity index is 2.39. The number of hydrogen-bond donors (Lipinski definition) is 2. The first-order valence-electron chi connectivity index (χ1n) is 6.31. The molecule has 2 nitrogen and oxygen atoms in total. The highest BCUT2D eigenvalue weighted by molar-refractivity contribution is 6.31. The van der Waals surface area contributed by atoms with Crippen molar-refractivity contribution in [2.24, 2.45) is 0 Å². The lowest BCUT2D eigenvalue weighted by Crippen LogP contribution is -2.30. The van der Waals surface area contributed by atoms with Gasteiger partial charge in [0.1, 0.15) is 0 Å². The van der Waals surface area contributed by atoms with Gasteiger partial charge in [-0.1, -0.05) is 49.6 Å². The zero-order valence-corrected chi connectivity index (χ0v) is 11.4. The maximum Gasteiger partial charge on any atom is 0.0928 e. The number of unbranched alkanes of at least 4 members (excludes halogenated alkanes) is 1. The van der Waals surface area contributed by atoms with Gasteiger partial charge in [-0.15, -0.1) is 0 Å². The number of aliphatic hydroxyl groups is 1. The fourth-order valence-electron chi connectivity index (χ4n) is 1.78. The lowest BCUT2D eigenvalue weighted by molar-refractivity contribution is 0.170. The van der Waals surface area contributed by atoms with E-state index in [0.717, 1.165) is 12.0 Å². The van der Waals surface area contributed by atoms with Crippen LogP contribution in [-0.2, 0) is 0 Å². The Morgan fingerprint density at radius 3 is 2.71 bits per heavy atom. The van der Waals surface area contributed by atoms with Crippen molar-refractivity contribution in [2.45, 2.75) is 45.3 Å². The molecule has 0 fully saturated rings. The molecule has 2 unspecified atom stereocenters. The van der Waals surface area contributed by atoms with Crippen molar-refractivity contribution in [2.75, 3.05) is 6.54 Å². The van der Waals surface area contributed by atoms with Crippen LogP contribution in [-0.4, -0.2) is 17.7 Å². The van der Waals surface area contributed by atoms with E-state index in [1.807, 2.05) is 18.2 Å². The van der Waals surface area contributed by atoms with E-state index in [2.05, 4.69) is 19.2 Å². The van der Waals surface area contributed by atoms with E-state index in [-0.39, 0.29) is 0 Å². The summed E-state index contributed by atoms with van der Waals surface area (Å²) in [6, 6.07) is 7.87. The quantitative estimate of drug-likeness (QED) is 0.781. The molecule has 2 N–H and O–H groups in total. The molecule has 3 heteroatoms. The van der Waals surface area contributed by atoms with Crippen molar-refractivity contribution in [1.29, 1.82) is 0 Å². The molecule has 0 heterocycles. The van der Waals surface area contributed by atoms with Crippen LogP contribution in [0.4, 0.5) is 0 Å². The zero-order chi connectivity index (χ0) is 12.7. The number of aliphatic hydroxyl groups excluding tert-OH is 1. The van der Waals surface area contributed by atoms with Crippen molar-refractivity contribution in [1.82, 2.24) is 5.32 Å². The normalized spacial score (nSPS) is 14.6. The number of halogens is 1. The molecule has 0 spiro atoms. The van der Waals surface area contributed by atoms with Crippen LogP contribution in [0.5, 0.6) is 0 Å². The number of nitrogens with one attached hydrogen (secondary N) is 1. The predicted octanol–water partition coefficient (Wildman–Crippen LogP) is 3.54. The van der Waals surface area contributed by atoms with E-state index in [1.54, 1.807) is 6.07 Å².